The van der Waals surface area contributed by atoms with Gasteiger partial charge in [-0.05, 0) is 37.1 Å². The number of carbonyl (C=O) groups excluding carboxylic acids is 1. The van der Waals surface area contributed by atoms with Crippen molar-refractivity contribution in [2.75, 3.05) is 27.2 Å². The number of para-hydroxylation sites is 1. The Hall–Kier alpha value is -2.33. The minimum atomic E-state index is 0.0554. The Balaban J connectivity index is 1.76. The van der Waals surface area contributed by atoms with Crippen LogP contribution in [0.4, 0.5) is 0 Å². The van der Waals surface area contributed by atoms with Crippen LogP contribution in [-0.2, 0) is 4.79 Å². The first kappa shape index (κ1) is 17.5. The van der Waals surface area contributed by atoms with E-state index in [-0.39, 0.29) is 17.9 Å². The van der Waals surface area contributed by atoms with E-state index in [1.165, 1.54) is 0 Å². The Morgan fingerprint density at radius 1 is 1.20 bits per heavy atom. The third-order valence-corrected chi connectivity index (χ3v) is 5.15. The topological polar surface area (TPSA) is 41.6 Å². The van der Waals surface area contributed by atoms with Gasteiger partial charge in [0.1, 0.15) is 5.75 Å². The fraction of sp³-hybridized carbons (Fsp3) is 0.381. The van der Waals surface area contributed by atoms with E-state index in [2.05, 4.69) is 42.6 Å². The van der Waals surface area contributed by atoms with Crippen molar-refractivity contribution in [1.82, 2.24) is 10.2 Å². The fourth-order valence-corrected chi connectivity index (χ4v) is 3.39. The first-order valence-electron chi connectivity index (χ1n) is 8.82. The number of rotatable bonds is 5. The van der Waals surface area contributed by atoms with Crippen LogP contribution in [0.1, 0.15) is 24.9 Å². The number of nitrogens with zero attached hydrogens (tertiary/aromatic N) is 1. The summed E-state index contributed by atoms with van der Waals surface area (Å²) in [7, 11) is 3.59. The number of hydrogen-bond donors (Lipinski definition) is 1. The van der Waals surface area contributed by atoms with E-state index in [4.69, 9.17) is 4.74 Å². The summed E-state index contributed by atoms with van der Waals surface area (Å²) in [6.45, 7) is 3.81. The van der Waals surface area contributed by atoms with Crippen molar-refractivity contribution in [3.8, 4) is 16.9 Å². The van der Waals surface area contributed by atoms with Crippen LogP contribution in [0.25, 0.3) is 11.1 Å². The van der Waals surface area contributed by atoms with Crippen molar-refractivity contribution in [2.45, 2.75) is 19.4 Å². The largest absolute Gasteiger partial charge is 0.496 e. The van der Waals surface area contributed by atoms with Crippen molar-refractivity contribution in [2.24, 2.45) is 5.92 Å². The highest BCUT2D eigenvalue weighted by molar-refractivity contribution is 5.79. The van der Waals surface area contributed by atoms with Gasteiger partial charge in [0.15, 0.2) is 0 Å². The molecule has 1 N–H and O–H groups in total. The maximum atomic E-state index is 12.6. The van der Waals surface area contributed by atoms with Gasteiger partial charge < -0.3 is 15.0 Å². The van der Waals surface area contributed by atoms with Gasteiger partial charge in [0, 0.05) is 19.2 Å². The Bertz CT molecular complexity index is 721. The summed E-state index contributed by atoms with van der Waals surface area (Å²) in [5.74, 6) is 1.20. The maximum absolute atomic E-state index is 12.6. The number of amides is 1. The summed E-state index contributed by atoms with van der Waals surface area (Å²) in [6.07, 6.45) is 0.933. The molecule has 1 saturated heterocycles. The minimum Gasteiger partial charge on any atom is -0.496 e. The molecule has 1 aliphatic heterocycles. The van der Waals surface area contributed by atoms with Crippen molar-refractivity contribution in [3.05, 3.63) is 54.1 Å². The van der Waals surface area contributed by atoms with Crippen LogP contribution in [0.15, 0.2) is 48.5 Å². The summed E-state index contributed by atoms with van der Waals surface area (Å²) in [4.78, 5) is 14.5. The van der Waals surface area contributed by atoms with Crippen molar-refractivity contribution < 1.29 is 9.53 Å². The maximum Gasteiger partial charge on any atom is 0.227 e. The third kappa shape index (κ3) is 3.69. The quantitative estimate of drug-likeness (QED) is 0.907. The van der Waals surface area contributed by atoms with Gasteiger partial charge in [-0.25, -0.2) is 0 Å². The molecule has 0 radical (unpaired) electrons. The van der Waals surface area contributed by atoms with E-state index in [9.17, 15) is 4.79 Å². The molecule has 3 rings (SSSR count). The fourth-order valence-electron chi connectivity index (χ4n) is 3.39. The highest BCUT2D eigenvalue weighted by Gasteiger charge is 2.28. The molecule has 132 valence electrons. The molecular weight excluding hydrogens is 312 g/mol. The van der Waals surface area contributed by atoms with Gasteiger partial charge in [0.05, 0.1) is 19.1 Å². The molecule has 2 aromatic rings. The second-order valence-electron chi connectivity index (χ2n) is 6.64. The second-order valence-corrected chi connectivity index (χ2v) is 6.64. The number of nitrogens with one attached hydrogen (secondary N) is 1. The molecule has 4 heteroatoms. The van der Waals surface area contributed by atoms with Crippen LogP contribution < -0.4 is 10.1 Å². The summed E-state index contributed by atoms with van der Waals surface area (Å²) in [5, 5.41) is 3.26. The van der Waals surface area contributed by atoms with Gasteiger partial charge in [0.25, 0.3) is 0 Å². The molecule has 25 heavy (non-hydrogen) atoms. The Morgan fingerprint density at radius 2 is 1.92 bits per heavy atom. The zero-order valence-corrected chi connectivity index (χ0v) is 15.2. The molecule has 1 amide bonds. The summed E-state index contributed by atoms with van der Waals surface area (Å²) < 4.78 is 5.45. The second kappa shape index (κ2) is 7.70. The molecule has 2 atom stereocenters. The number of hydrogen-bond acceptors (Lipinski definition) is 3. The Kier molecular flexibility index (Phi) is 5.39. The van der Waals surface area contributed by atoms with Gasteiger partial charge in [-0.1, -0.05) is 42.5 Å². The number of benzene rings is 2. The van der Waals surface area contributed by atoms with Crippen molar-refractivity contribution in [3.63, 3.8) is 0 Å². The first-order chi connectivity index (χ1) is 12.1. The zero-order valence-electron chi connectivity index (χ0n) is 15.2. The number of methoxy groups -OCH3 is 1. The van der Waals surface area contributed by atoms with Crippen LogP contribution in [0, 0.1) is 5.92 Å². The lowest BCUT2D eigenvalue weighted by molar-refractivity contribution is -0.135. The molecule has 0 aromatic heterocycles. The molecular formula is C21H26N2O2. The van der Waals surface area contributed by atoms with Gasteiger partial charge in [0.2, 0.25) is 5.91 Å². The number of carbonyl (C=O) groups is 1. The third-order valence-electron chi connectivity index (χ3n) is 5.15. The number of ether oxygens (including phenoxy) is 1. The lowest BCUT2D eigenvalue weighted by Crippen LogP contribution is -2.35. The van der Waals surface area contributed by atoms with Crippen LogP contribution in [0.5, 0.6) is 5.75 Å². The predicted octanol–water partition coefficient (Wildman–Crippen LogP) is 3.49. The van der Waals surface area contributed by atoms with E-state index < -0.39 is 0 Å². The summed E-state index contributed by atoms with van der Waals surface area (Å²) in [5.41, 5.74) is 3.33. The standard InChI is InChI=1S/C21H26N2O2/c1-15(23(2)21(24)18-12-13-22-14-18)16-8-10-17(11-9-16)19-6-4-5-7-20(19)25-3/h4-11,15,18,22H,12-14H2,1-3H3. The summed E-state index contributed by atoms with van der Waals surface area (Å²) >= 11 is 0. The van der Waals surface area contributed by atoms with Crippen molar-refractivity contribution >= 4 is 5.91 Å². The van der Waals surface area contributed by atoms with Crippen LogP contribution in [0.3, 0.4) is 0 Å². The van der Waals surface area contributed by atoms with E-state index in [1.54, 1.807) is 7.11 Å². The average Bonchev–Trinajstić information content (AvgIpc) is 3.21. The van der Waals surface area contributed by atoms with E-state index in [0.717, 1.165) is 42.0 Å². The van der Waals surface area contributed by atoms with Crippen LogP contribution in [0.2, 0.25) is 0 Å². The molecule has 1 aliphatic rings. The highest BCUT2D eigenvalue weighted by Crippen LogP contribution is 2.31. The molecule has 0 spiro atoms. The molecule has 0 aliphatic carbocycles. The van der Waals surface area contributed by atoms with E-state index in [0.29, 0.717) is 0 Å². The van der Waals surface area contributed by atoms with Crippen LogP contribution in [-0.4, -0.2) is 38.1 Å². The molecule has 1 heterocycles. The van der Waals surface area contributed by atoms with E-state index in [1.807, 2.05) is 30.1 Å². The zero-order chi connectivity index (χ0) is 17.8. The molecule has 2 aromatic carbocycles. The first-order valence-corrected chi connectivity index (χ1v) is 8.82. The Labute approximate surface area is 149 Å². The monoisotopic (exact) mass is 338 g/mol. The predicted molar refractivity (Wildman–Crippen MR) is 101 cm³/mol. The van der Waals surface area contributed by atoms with E-state index >= 15 is 0 Å². The molecule has 2 unspecified atom stereocenters. The smallest absolute Gasteiger partial charge is 0.227 e. The Morgan fingerprint density at radius 3 is 2.56 bits per heavy atom. The molecule has 4 nitrogen and oxygen atoms in total. The van der Waals surface area contributed by atoms with Gasteiger partial charge >= 0.3 is 0 Å². The minimum absolute atomic E-state index is 0.0554. The molecule has 1 fully saturated rings. The van der Waals surface area contributed by atoms with Gasteiger partial charge in [-0.2, -0.15) is 0 Å². The lowest BCUT2D eigenvalue weighted by Gasteiger charge is -2.28. The lowest BCUT2D eigenvalue weighted by atomic mass is 9.99. The van der Waals surface area contributed by atoms with Gasteiger partial charge in [-0.15, -0.1) is 0 Å². The molecule has 0 bridgehead atoms. The van der Waals surface area contributed by atoms with Crippen LogP contribution >= 0.6 is 0 Å². The van der Waals surface area contributed by atoms with Crippen molar-refractivity contribution in [1.29, 1.82) is 0 Å². The SMILES string of the molecule is COc1ccccc1-c1ccc(C(C)N(C)C(=O)C2CCNC2)cc1. The highest BCUT2D eigenvalue weighted by atomic mass is 16.5. The normalized spacial score (nSPS) is 18.0. The van der Waals surface area contributed by atoms with Gasteiger partial charge in [-0.3, -0.25) is 4.79 Å². The summed E-state index contributed by atoms with van der Waals surface area (Å²) in [6, 6.07) is 16.5. The molecule has 0 saturated carbocycles. The average molecular weight is 338 g/mol.